The Morgan fingerprint density at radius 3 is 2.30 bits per heavy atom. The van der Waals surface area contributed by atoms with Crippen LogP contribution in [-0.2, 0) is 0 Å². The molecule has 0 saturated heterocycles. The molecule has 0 fully saturated rings. The molecule has 3 N–H and O–H groups in total. The zero-order chi connectivity index (χ0) is 19.1. The second-order valence-corrected chi connectivity index (χ2v) is 6.34. The van der Waals surface area contributed by atoms with E-state index >= 15 is 0 Å². The largest absolute Gasteiger partial charge is 0.508 e. The Bertz CT molecular complexity index is 903. The summed E-state index contributed by atoms with van der Waals surface area (Å²) < 4.78 is 0. The van der Waals surface area contributed by atoms with Crippen molar-refractivity contribution in [1.29, 1.82) is 0 Å². The fourth-order valence-electron chi connectivity index (χ4n) is 3.08. The van der Waals surface area contributed by atoms with Crippen LogP contribution in [0, 0.1) is 0 Å². The summed E-state index contributed by atoms with van der Waals surface area (Å²) in [5, 5.41) is 19.4. The Kier molecular flexibility index (Phi) is 6.23. The summed E-state index contributed by atoms with van der Waals surface area (Å²) in [6.07, 6.45) is 2.00. The third-order valence-electron chi connectivity index (χ3n) is 4.45. The molecule has 0 atom stereocenters. The zero-order valence-electron chi connectivity index (χ0n) is 15.4. The van der Waals surface area contributed by atoms with Gasteiger partial charge in [0.2, 0.25) is 0 Å². The minimum absolute atomic E-state index is 0.231. The van der Waals surface area contributed by atoms with E-state index < -0.39 is 0 Å². The SMILES string of the molecule is CCCCN=C(NO)c1cccc(-c2ccc(O)cc2)c1-c1ccccc1. The molecule has 0 aliphatic heterocycles. The van der Waals surface area contributed by atoms with Gasteiger partial charge in [-0.2, -0.15) is 0 Å². The number of hydroxylamine groups is 1. The molecule has 0 spiro atoms. The molecule has 0 unspecified atom stereocenters. The number of unbranched alkanes of at least 4 members (excludes halogenated alkanes) is 1. The van der Waals surface area contributed by atoms with Gasteiger partial charge in [-0.3, -0.25) is 15.7 Å². The van der Waals surface area contributed by atoms with Crippen LogP contribution in [0.15, 0.2) is 77.8 Å². The van der Waals surface area contributed by atoms with Crippen LogP contribution in [0.3, 0.4) is 0 Å². The quantitative estimate of drug-likeness (QED) is 0.243. The van der Waals surface area contributed by atoms with Crippen molar-refractivity contribution in [3.63, 3.8) is 0 Å². The molecule has 0 bridgehead atoms. The van der Waals surface area contributed by atoms with Crippen LogP contribution in [0.25, 0.3) is 22.3 Å². The molecule has 0 radical (unpaired) electrons. The highest BCUT2D eigenvalue weighted by molar-refractivity contribution is 6.07. The smallest absolute Gasteiger partial charge is 0.152 e. The van der Waals surface area contributed by atoms with Gasteiger partial charge in [0, 0.05) is 17.7 Å². The number of hydrogen-bond donors (Lipinski definition) is 3. The molecular weight excluding hydrogens is 336 g/mol. The highest BCUT2D eigenvalue weighted by atomic mass is 16.5. The number of benzene rings is 3. The van der Waals surface area contributed by atoms with Crippen LogP contribution in [0.5, 0.6) is 5.75 Å². The molecule has 3 rings (SSSR count). The van der Waals surface area contributed by atoms with E-state index in [0.29, 0.717) is 12.4 Å². The van der Waals surface area contributed by atoms with Gasteiger partial charge >= 0.3 is 0 Å². The lowest BCUT2D eigenvalue weighted by atomic mass is 9.90. The molecule has 0 saturated carbocycles. The van der Waals surface area contributed by atoms with E-state index in [0.717, 1.165) is 40.7 Å². The topological polar surface area (TPSA) is 64.9 Å². The van der Waals surface area contributed by atoms with Crippen molar-refractivity contribution < 1.29 is 10.3 Å². The number of amidine groups is 1. The van der Waals surface area contributed by atoms with Gasteiger partial charge in [-0.1, -0.05) is 74.0 Å². The number of aromatic hydroxyl groups is 1. The van der Waals surface area contributed by atoms with Crippen LogP contribution in [0.1, 0.15) is 25.3 Å². The first-order valence-corrected chi connectivity index (χ1v) is 9.17. The van der Waals surface area contributed by atoms with Crippen molar-refractivity contribution in [2.75, 3.05) is 6.54 Å². The summed E-state index contributed by atoms with van der Waals surface area (Å²) in [4.78, 5) is 4.55. The van der Waals surface area contributed by atoms with Gasteiger partial charge in [0.05, 0.1) is 0 Å². The summed E-state index contributed by atoms with van der Waals surface area (Å²) in [5.74, 6) is 0.693. The number of aliphatic imine (C=N–C) groups is 1. The molecule has 3 aromatic rings. The summed E-state index contributed by atoms with van der Waals surface area (Å²) in [7, 11) is 0. The number of nitrogens with one attached hydrogen (secondary N) is 1. The van der Waals surface area contributed by atoms with E-state index in [1.807, 2.05) is 60.7 Å². The van der Waals surface area contributed by atoms with Crippen LogP contribution in [-0.4, -0.2) is 22.7 Å². The molecule has 138 valence electrons. The van der Waals surface area contributed by atoms with Gasteiger partial charge in [-0.15, -0.1) is 0 Å². The third kappa shape index (κ3) is 4.36. The van der Waals surface area contributed by atoms with Crippen molar-refractivity contribution in [3.05, 3.63) is 78.4 Å². The van der Waals surface area contributed by atoms with Gasteiger partial charge in [-0.05, 0) is 35.2 Å². The molecule has 0 amide bonds. The van der Waals surface area contributed by atoms with Gasteiger partial charge in [0.15, 0.2) is 5.84 Å². The van der Waals surface area contributed by atoms with Crippen molar-refractivity contribution in [1.82, 2.24) is 5.48 Å². The Balaban J connectivity index is 2.20. The minimum atomic E-state index is 0.231. The third-order valence-corrected chi connectivity index (χ3v) is 4.45. The highest BCUT2D eigenvalue weighted by Crippen LogP contribution is 2.35. The van der Waals surface area contributed by atoms with Crippen LogP contribution < -0.4 is 5.48 Å². The monoisotopic (exact) mass is 360 g/mol. The second-order valence-electron chi connectivity index (χ2n) is 6.34. The Morgan fingerprint density at radius 1 is 0.889 bits per heavy atom. The molecule has 0 aliphatic carbocycles. The van der Waals surface area contributed by atoms with E-state index in [4.69, 9.17) is 0 Å². The van der Waals surface area contributed by atoms with Crippen LogP contribution in [0.2, 0.25) is 0 Å². The average Bonchev–Trinajstić information content (AvgIpc) is 2.72. The molecule has 0 aromatic heterocycles. The summed E-state index contributed by atoms with van der Waals surface area (Å²) in [5.41, 5.74) is 7.14. The van der Waals surface area contributed by atoms with Crippen molar-refractivity contribution in [2.24, 2.45) is 4.99 Å². The summed E-state index contributed by atoms with van der Waals surface area (Å²) in [6.45, 7) is 2.76. The first-order chi connectivity index (χ1) is 13.2. The number of phenolic OH excluding ortho intramolecular Hbond substituents is 1. The fraction of sp³-hybridized carbons (Fsp3) is 0.174. The van der Waals surface area contributed by atoms with Crippen molar-refractivity contribution in [2.45, 2.75) is 19.8 Å². The predicted octanol–water partition coefficient (Wildman–Crippen LogP) is 5.25. The van der Waals surface area contributed by atoms with E-state index in [1.165, 1.54) is 0 Å². The molecule has 4 heteroatoms. The predicted molar refractivity (Wildman–Crippen MR) is 110 cm³/mol. The van der Waals surface area contributed by atoms with Gasteiger partial charge in [-0.25, -0.2) is 0 Å². The first-order valence-electron chi connectivity index (χ1n) is 9.17. The van der Waals surface area contributed by atoms with E-state index in [2.05, 4.69) is 17.4 Å². The lowest BCUT2D eigenvalue weighted by Gasteiger charge is -2.17. The maximum atomic E-state index is 9.73. The van der Waals surface area contributed by atoms with Gasteiger partial charge < -0.3 is 5.11 Å². The lowest BCUT2D eigenvalue weighted by Crippen LogP contribution is -2.22. The van der Waals surface area contributed by atoms with Crippen molar-refractivity contribution in [3.8, 4) is 28.0 Å². The van der Waals surface area contributed by atoms with Crippen molar-refractivity contribution >= 4 is 5.84 Å². The minimum Gasteiger partial charge on any atom is -0.508 e. The van der Waals surface area contributed by atoms with E-state index in [9.17, 15) is 10.3 Å². The average molecular weight is 360 g/mol. The van der Waals surface area contributed by atoms with E-state index in [1.54, 1.807) is 12.1 Å². The number of rotatable bonds is 6. The summed E-state index contributed by atoms with van der Waals surface area (Å²) >= 11 is 0. The fourth-order valence-corrected chi connectivity index (χ4v) is 3.08. The first kappa shape index (κ1) is 18.7. The molecular formula is C23H24N2O2. The molecule has 0 heterocycles. The van der Waals surface area contributed by atoms with Gasteiger partial charge in [0.25, 0.3) is 0 Å². The Labute approximate surface area is 159 Å². The normalized spacial score (nSPS) is 11.4. The van der Waals surface area contributed by atoms with E-state index in [-0.39, 0.29) is 5.75 Å². The number of nitrogens with zero attached hydrogens (tertiary/aromatic N) is 1. The Hall–Kier alpha value is -3.11. The number of phenols is 1. The molecule has 3 aromatic carbocycles. The standard InChI is InChI=1S/C23H24N2O2/c1-2-3-16-24-23(25-27)21-11-7-10-20(17-12-14-19(26)15-13-17)22(21)18-8-5-4-6-9-18/h4-15,26-27H,2-3,16H2,1H3,(H,24,25). The zero-order valence-corrected chi connectivity index (χ0v) is 15.4. The number of hydrogen-bond acceptors (Lipinski definition) is 3. The van der Waals surface area contributed by atoms with Crippen LogP contribution in [0.4, 0.5) is 0 Å². The maximum absolute atomic E-state index is 9.73. The van der Waals surface area contributed by atoms with Gasteiger partial charge in [0.1, 0.15) is 5.75 Å². The molecule has 0 aliphatic rings. The molecule has 27 heavy (non-hydrogen) atoms. The summed E-state index contributed by atoms with van der Waals surface area (Å²) in [6, 6.07) is 23.1. The highest BCUT2D eigenvalue weighted by Gasteiger charge is 2.16. The molecule has 4 nitrogen and oxygen atoms in total. The lowest BCUT2D eigenvalue weighted by molar-refractivity contribution is 0.234. The Morgan fingerprint density at radius 2 is 1.63 bits per heavy atom. The maximum Gasteiger partial charge on any atom is 0.152 e. The van der Waals surface area contributed by atoms with Crippen LogP contribution >= 0.6 is 0 Å². The second kappa shape index (κ2) is 9.01.